The van der Waals surface area contributed by atoms with Crippen molar-refractivity contribution in [1.29, 1.82) is 0 Å². The Morgan fingerprint density at radius 1 is 1.13 bits per heavy atom. The van der Waals surface area contributed by atoms with E-state index in [0.29, 0.717) is 38.3 Å². The van der Waals surface area contributed by atoms with Crippen molar-refractivity contribution in [3.8, 4) is 5.75 Å². The highest BCUT2D eigenvalue weighted by Crippen LogP contribution is 2.40. The molecule has 2 fully saturated rings. The molecule has 0 bridgehead atoms. The Hall–Kier alpha value is -4.65. The molecule has 1 aromatic heterocycles. The molecule has 1 aromatic carbocycles. The summed E-state index contributed by atoms with van der Waals surface area (Å²) in [6, 6.07) is 5.64. The number of benzene rings is 1. The average Bonchev–Trinajstić information content (AvgIpc) is 3.60. The summed E-state index contributed by atoms with van der Waals surface area (Å²) in [4.78, 5) is 63.2. The van der Waals surface area contributed by atoms with E-state index >= 15 is 0 Å². The van der Waals surface area contributed by atoms with Gasteiger partial charge in [-0.15, -0.1) is 0 Å². The molecular formula is C33H44N8O5. The van der Waals surface area contributed by atoms with Crippen LogP contribution in [0.3, 0.4) is 0 Å². The molecule has 5 rings (SSSR count). The molecule has 246 valence electrons. The lowest BCUT2D eigenvalue weighted by atomic mass is 9.84. The number of hydrogen-bond acceptors (Lipinski definition) is 8. The minimum Gasteiger partial charge on any atom is -0.497 e. The van der Waals surface area contributed by atoms with Crippen LogP contribution in [0.2, 0.25) is 0 Å². The minimum absolute atomic E-state index is 0.0195. The van der Waals surface area contributed by atoms with Gasteiger partial charge in [0.2, 0.25) is 17.7 Å². The number of amides is 4. The van der Waals surface area contributed by atoms with Crippen molar-refractivity contribution in [2.75, 3.05) is 40.5 Å². The van der Waals surface area contributed by atoms with Gasteiger partial charge in [0.05, 0.1) is 26.1 Å². The highest BCUT2D eigenvalue weighted by molar-refractivity contribution is 5.93. The summed E-state index contributed by atoms with van der Waals surface area (Å²) in [5, 5.41) is 5.54. The summed E-state index contributed by atoms with van der Waals surface area (Å²) in [5.41, 5.74) is 8.17. The number of likely N-dealkylation sites (N-methyl/N-ethyl adjacent to an activating group) is 1. The van der Waals surface area contributed by atoms with Crippen molar-refractivity contribution in [1.82, 2.24) is 34.9 Å². The van der Waals surface area contributed by atoms with Crippen molar-refractivity contribution in [3.05, 3.63) is 72.0 Å². The van der Waals surface area contributed by atoms with Gasteiger partial charge in [0.25, 0.3) is 5.91 Å². The third kappa shape index (κ3) is 6.94. The Morgan fingerprint density at radius 2 is 1.87 bits per heavy atom. The largest absolute Gasteiger partial charge is 0.497 e. The molecule has 46 heavy (non-hydrogen) atoms. The summed E-state index contributed by atoms with van der Waals surface area (Å²) in [7, 11) is 4.98. The number of nitrogens with one attached hydrogen (secondary N) is 2. The normalized spacial score (nSPS) is 18.7. The first-order chi connectivity index (χ1) is 22.1. The summed E-state index contributed by atoms with van der Waals surface area (Å²) < 4.78 is 7.09. The SMILES string of the molecule is CNC(=O)CN1CN(C2=CC=CCC2)C2(CCN(C(=O)[C@@H](Cc3ccc(OC)cc3)NC(=O)[C@@H](N)Cc3cncn3C)CC2)C1=O. The number of likely N-dealkylation sites (tertiary alicyclic amines) is 1. The van der Waals surface area contributed by atoms with Crippen LogP contribution in [0.25, 0.3) is 0 Å². The van der Waals surface area contributed by atoms with Gasteiger partial charge in [0.15, 0.2) is 0 Å². The molecule has 1 aliphatic carbocycles. The number of aryl methyl sites for hydroxylation is 1. The fourth-order valence-electron chi connectivity index (χ4n) is 6.51. The number of nitrogens with zero attached hydrogens (tertiary/aromatic N) is 5. The zero-order valence-corrected chi connectivity index (χ0v) is 26.8. The van der Waals surface area contributed by atoms with E-state index in [1.807, 2.05) is 43.5 Å². The topological polar surface area (TPSA) is 155 Å². The number of carbonyl (C=O) groups is 4. The maximum absolute atomic E-state index is 14.1. The van der Waals surface area contributed by atoms with Gasteiger partial charge in [-0.25, -0.2) is 4.98 Å². The zero-order chi connectivity index (χ0) is 32.8. The molecule has 2 aromatic rings. The molecule has 0 saturated carbocycles. The smallest absolute Gasteiger partial charge is 0.250 e. The summed E-state index contributed by atoms with van der Waals surface area (Å²) in [6.07, 6.45) is 12.5. The fraction of sp³-hybridized carbons (Fsp3) is 0.485. The van der Waals surface area contributed by atoms with Crippen LogP contribution in [-0.2, 0) is 39.1 Å². The van der Waals surface area contributed by atoms with E-state index in [-0.39, 0.29) is 37.1 Å². The third-order valence-electron chi connectivity index (χ3n) is 9.26. The number of methoxy groups -OCH3 is 1. The van der Waals surface area contributed by atoms with E-state index in [1.165, 1.54) is 0 Å². The molecule has 0 unspecified atom stereocenters. The predicted octanol–water partition coefficient (Wildman–Crippen LogP) is 0.469. The van der Waals surface area contributed by atoms with Gasteiger partial charge in [-0.2, -0.15) is 0 Å². The van der Waals surface area contributed by atoms with Crippen LogP contribution in [0.5, 0.6) is 5.75 Å². The lowest BCUT2D eigenvalue weighted by Crippen LogP contribution is -2.60. The lowest BCUT2D eigenvalue weighted by molar-refractivity contribution is -0.143. The monoisotopic (exact) mass is 632 g/mol. The highest BCUT2D eigenvalue weighted by Gasteiger charge is 2.55. The van der Waals surface area contributed by atoms with Crippen LogP contribution in [0.15, 0.2) is 60.7 Å². The number of nitrogens with two attached hydrogens (primary N) is 1. The number of imidazole rings is 1. The highest BCUT2D eigenvalue weighted by atomic mass is 16.5. The molecular weight excluding hydrogens is 588 g/mol. The van der Waals surface area contributed by atoms with E-state index in [1.54, 1.807) is 41.0 Å². The molecule has 13 nitrogen and oxygen atoms in total. The quantitative estimate of drug-likeness (QED) is 0.323. The second-order valence-corrected chi connectivity index (χ2v) is 12.1. The van der Waals surface area contributed by atoms with Crippen LogP contribution in [0, 0.1) is 0 Å². The van der Waals surface area contributed by atoms with E-state index in [4.69, 9.17) is 10.5 Å². The van der Waals surface area contributed by atoms with Crippen molar-refractivity contribution in [2.45, 2.75) is 56.1 Å². The molecule has 1 spiro atoms. The van der Waals surface area contributed by atoms with Gasteiger partial charge < -0.3 is 40.4 Å². The van der Waals surface area contributed by atoms with Gasteiger partial charge in [0.1, 0.15) is 23.9 Å². The number of piperidine rings is 1. The molecule has 2 saturated heterocycles. The molecule has 13 heteroatoms. The van der Waals surface area contributed by atoms with Gasteiger partial charge in [0, 0.05) is 57.6 Å². The zero-order valence-electron chi connectivity index (χ0n) is 26.8. The maximum atomic E-state index is 14.1. The molecule has 3 heterocycles. The van der Waals surface area contributed by atoms with Crippen LogP contribution < -0.4 is 21.1 Å². The lowest BCUT2D eigenvalue weighted by Gasteiger charge is -2.45. The van der Waals surface area contributed by atoms with Crippen LogP contribution in [-0.4, -0.2) is 106 Å². The molecule has 3 aliphatic rings. The van der Waals surface area contributed by atoms with E-state index in [9.17, 15) is 19.2 Å². The van der Waals surface area contributed by atoms with Crippen LogP contribution in [0.4, 0.5) is 0 Å². The first-order valence-corrected chi connectivity index (χ1v) is 15.7. The summed E-state index contributed by atoms with van der Waals surface area (Å²) in [5.74, 6) is -0.293. The van der Waals surface area contributed by atoms with E-state index in [0.717, 1.165) is 29.8 Å². The number of allylic oxidation sites excluding steroid dienone is 4. The van der Waals surface area contributed by atoms with Crippen molar-refractivity contribution in [2.24, 2.45) is 12.8 Å². The molecule has 4 N–H and O–H groups in total. The number of hydrogen-bond donors (Lipinski definition) is 3. The number of aromatic nitrogens is 2. The number of rotatable bonds is 11. The Kier molecular flexibility index (Phi) is 10.1. The number of carbonyl (C=O) groups excluding carboxylic acids is 4. The maximum Gasteiger partial charge on any atom is 0.250 e. The Bertz CT molecular complexity index is 1490. The van der Waals surface area contributed by atoms with Crippen molar-refractivity contribution < 1.29 is 23.9 Å². The fourth-order valence-corrected chi connectivity index (χ4v) is 6.51. The first kappa shape index (κ1) is 32.7. The first-order valence-electron chi connectivity index (χ1n) is 15.7. The van der Waals surface area contributed by atoms with Gasteiger partial charge in [-0.05, 0) is 49.5 Å². The van der Waals surface area contributed by atoms with Crippen molar-refractivity contribution in [3.63, 3.8) is 0 Å². The molecule has 4 amide bonds. The summed E-state index contributed by atoms with van der Waals surface area (Å²) >= 11 is 0. The summed E-state index contributed by atoms with van der Waals surface area (Å²) in [6.45, 7) is 0.959. The standard InChI is InChI=1S/C33H44N8O5/c1-35-29(42)20-40-22-41(24-7-5-4-6-8-24)33(32(40)45)13-15-39(16-14-33)31(44)28(17-23-9-11-26(46-3)12-10-23)37-30(43)27(34)18-25-19-36-21-38(25)2/h4-5,7,9-12,19,21,27-28H,6,8,13-18,20,22,34H2,1-3H3,(H,35,42)(H,37,43)/t27-,28+/m0/s1. The van der Waals surface area contributed by atoms with Crippen LogP contribution >= 0.6 is 0 Å². The van der Waals surface area contributed by atoms with E-state index < -0.39 is 23.5 Å². The van der Waals surface area contributed by atoms with Gasteiger partial charge in [-0.1, -0.05) is 24.3 Å². The van der Waals surface area contributed by atoms with Gasteiger partial charge in [-0.3, -0.25) is 19.2 Å². The molecule has 2 atom stereocenters. The van der Waals surface area contributed by atoms with Gasteiger partial charge >= 0.3 is 0 Å². The third-order valence-corrected chi connectivity index (χ3v) is 9.26. The Labute approximate surface area is 269 Å². The Balaban J connectivity index is 1.33. The van der Waals surface area contributed by atoms with Crippen LogP contribution in [0.1, 0.15) is 36.9 Å². The van der Waals surface area contributed by atoms with Crippen molar-refractivity contribution >= 4 is 23.6 Å². The predicted molar refractivity (Wildman–Crippen MR) is 171 cm³/mol. The molecule has 2 aliphatic heterocycles. The second-order valence-electron chi connectivity index (χ2n) is 12.1. The minimum atomic E-state index is -0.875. The Morgan fingerprint density at radius 3 is 2.48 bits per heavy atom. The van der Waals surface area contributed by atoms with E-state index in [2.05, 4.69) is 26.6 Å². The second kappa shape index (κ2) is 14.2. The molecule has 0 radical (unpaired) electrons. The number of ether oxygens (including phenoxy) is 1. The average molecular weight is 633 g/mol.